The Bertz CT molecular complexity index is 1900. The zero-order valence-electron chi connectivity index (χ0n) is 30.3. The summed E-state index contributed by atoms with van der Waals surface area (Å²) in [6, 6.07) is 25.8. The molecule has 0 amide bonds. The summed E-state index contributed by atoms with van der Waals surface area (Å²) < 4.78 is 31.3. The lowest BCUT2D eigenvalue weighted by Gasteiger charge is -2.19. The molecule has 0 aromatic heterocycles. The molecule has 4 aromatic carbocycles. The van der Waals surface area contributed by atoms with E-state index in [1.54, 1.807) is 67.8 Å². The quantitative estimate of drug-likeness (QED) is 0.0666. The number of benzene rings is 4. The van der Waals surface area contributed by atoms with Crippen LogP contribution in [0.4, 0.5) is 0 Å². The zero-order valence-corrected chi connectivity index (χ0v) is 31.0. The lowest BCUT2D eigenvalue weighted by molar-refractivity contribution is -0.179. The number of hydrogen-bond acceptors (Lipinski definition) is 11. The third-order valence-electron chi connectivity index (χ3n) is 8.20. The Morgan fingerprint density at radius 2 is 1.04 bits per heavy atom. The van der Waals surface area contributed by atoms with Crippen molar-refractivity contribution >= 4 is 41.4 Å². The van der Waals surface area contributed by atoms with Gasteiger partial charge in [0.1, 0.15) is 11.5 Å². The predicted octanol–water partition coefficient (Wildman–Crippen LogP) is 7.90. The monoisotopic (exact) mass is 744 g/mol. The summed E-state index contributed by atoms with van der Waals surface area (Å²) in [6.07, 6.45) is -3.07. The van der Waals surface area contributed by atoms with Crippen molar-refractivity contribution in [3.05, 3.63) is 107 Å². The molecule has 0 N–H and O–H groups in total. The summed E-state index contributed by atoms with van der Waals surface area (Å²) in [4.78, 5) is 62.5. The van der Waals surface area contributed by atoms with Gasteiger partial charge < -0.3 is 28.4 Å². The maximum atomic E-state index is 12.8. The van der Waals surface area contributed by atoms with Crippen molar-refractivity contribution in [3.63, 3.8) is 0 Å². The second-order valence-electron chi connectivity index (χ2n) is 12.3. The van der Waals surface area contributed by atoms with Gasteiger partial charge in [0, 0.05) is 0 Å². The van der Waals surface area contributed by atoms with Crippen LogP contribution in [0.5, 0.6) is 11.5 Å². The molecule has 4 atom stereocenters. The average Bonchev–Trinajstić information content (AvgIpc) is 3.16. The standard InChI is InChI=1S/C41H41ClO11/c1-7-24(2)23-49-37(43)25(3)50-38(44)26(4)51-39(45)27(5)52-40(46)31-12-8-28(9-13-31)29-16-19-34(20-17-29)53-41(47)32-14-10-30(11-15-32)33-18-21-36(48-6)35(42)22-33/h8-22,24-27H,7,23H2,1-6H3. The average molecular weight is 745 g/mol. The van der Waals surface area contributed by atoms with Crippen molar-refractivity contribution in [2.75, 3.05) is 13.7 Å². The number of carbonyl (C=O) groups is 5. The Morgan fingerprint density at radius 3 is 1.55 bits per heavy atom. The lowest BCUT2D eigenvalue weighted by atomic mass is 10.0. The molecular formula is C41H41ClO11. The molecule has 4 unspecified atom stereocenters. The number of ether oxygens (including phenoxy) is 6. The maximum absolute atomic E-state index is 12.8. The summed E-state index contributed by atoms with van der Waals surface area (Å²) in [7, 11) is 1.55. The fourth-order valence-corrected chi connectivity index (χ4v) is 4.96. The van der Waals surface area contributed by atoms with Crippen LogP contribution in [0.3, 0.4) is 0 Å². The predicted molar refractivity (Wildman–Crippen MR) is 197 cm³/mol. The molecule has 278 valence electrons. The fraction of sp³-hybridized carbons (Fsp3) is 0.293. The lowest BCUT2D eigenvalue weighted by Crippen LogP contribution is -2.36. The third-order valence-corrected chi connectivity index (χ3v) is 8.49. The van der Waals surface area contributed by atoms with Crippen LogP contribution >= 0.6 is 11.6 Å². The van der Waals surface area contributed by atoms with Crippen LogP contribution in [0, 0.1) is 5.92 Å². The van der Waals surface area contributed by atoms with Crippen molar-refractivity contribution < 1.29 is 52.4 Å². The van der Waals surface area contributed by atoms with E-state index in [2.05, 4.69) is 0 Å². The van der Waals surface area contributed by atoms with Gasteiger partial charge in [-0.15, -0.1) is 0 Å². The van der Waals surface area contributed by atoms with E-state index in [9.17, 15) is 24.0 Å². The molecule has 0 radical (unpaired) electrons. The molecule has 4 rings (SSSR count). The summed E-state index contributed by atoms with van der Waals surface area (Å²) in [6.45, 7) is 8.02. The van der Waals surface area contributed by atoms with Crippen LogP contribution in [0.15, 0.2) is 91.0 Å². The molecule has 11 nitrogen and oxygen atoms in total. The molecule has 0 bridgehead atoms. The van der Waals surface area contributed by atoms with Crippen LogP contribution in [0.25, 0.3) is 22.3 Å². The van der Waals surface area contributed by atoms with Crippen LogP contribution in [-0.2, 0) is 33.3 Å². The van der Waals surface area contributed by atoms with E-state index < -0.39 is 48.2 Å². The first kappa shape index (κ1) is 40.1. The third kappa shape index (κ3) is 11.2. The molecule has 0 aliphatic rings. The summed E-state index contributed by atoms with van der Waals surface area (Å²) in [5.74, 6) is -2.84. The molecule has 0 aliphatic carbocycles. The van der Waals surface area contributed by atoms with Crippen LogP contribution in [0.2, 0.25) is 5.02 Å². The number of methoxy groups -OCH3 is 1. The van der Waals surface area contributed by atoms with E-state index in [0.717, 1.165) is 28.7 Å². The highest BCUT2D eigenvalue weighted by atomic mass is 35.5. The van der Waals surface area contributed by atoms with Crippen LogP contribution in [-0.4, -0.2) is 61.9 Å². The van der Waals surface area contributed by atoms with Crippen molar-refractivity contribution in [2.24, 2.45) is 5.92 Å². The molecule has 4 aromatic rings. The van der Waals surface area contributed by atoms with Gasteiger partial charge in [0.15, 0.2) is 18.3 Å². The summed E-state index contributed by atoms with van der Waals surface area (Å²) in [5.41, 5.74) is 3.87. The van der Waals surface area contributed by atoms with Gasteiger partial charge >= 0.3 is 29.8 Å². The minimum absolute atomic E-state index is 0.159. The first-order valence-corrected chi connectivity index (χ1v) is 17.3. The topological polar surface area (TPSA) is 141 Å². The molecule has 0 saturated carbocycles. The molecule has 0 fully saturated rings. The van der Waals surface area contributed by atoms with Gasteiger partial charge in [-0.25, -0.2) is 24.0 Å². The highest BCUT2D eigenvalue weighted by molar-refractivity contribution is 6.32. The highest BCUT2D eigenvalue weighted by Gasteiger charge is 2.29. The number of hydrogen-bond donors (Lipinski definition) is 0. The first-order chi connectivity index (χ1) is 25.3. The molecule has 0 saturated heterocycles. The van der Waals surface area contributed by atoms with E-state index in [4.69, 9.17) is 40.0 Å². The number of halogens is 1. The van der Waals surface area contributed by atoms with Crippen molar-refractivity contribution in [1.82, 2.24) is 0 Å². The molecule has 12 heteroatoms. The van der Waals surface area contributed by atoms with Crippen molar-refractivity contribution in [1.29, 1.82) is 0 Å². The van der Waals surface area contributed by atoms with Gasteiger partial charge in [-0.3, -0.25) is 0 Å². The fourth-order valence-electron chi connectivity index (χ4n) is 4.70. The van der Waals surface area contributed by atoms with Gasteiger partial charge in [0.25, 0.3) is 0 Å². The maximum Gasteiger partial charge on any atom is 0.348 e. The number of esters is 5. The van der Waals surface area contributed by atoms with E-state index in [0.29, 0.717) is 22.1 Å². The normalized spacial score (nSPS) is 13.0. The van der Waals surface area contributed by atoms with Gasteiger partial charge in [0.2, 0.25) is 0 Å². The Hall–Kier alpha value is -5.68. The molecule has 0 aliphatic heterocycles. The molecule has 53 heavy (non-hydrogen) atoms. The van der Waals surface area contributed by atoms with E-state index in [1.807, 2.05) is 32.0 Å². The van der Waals surface area contributed by atoms with Gasteiger partial charge in [-0.05, 0) is 97.5 Å². The molecule has 0 heterocycles. The Kier molecular flexibility index (Phi) is 14.1. The van der Waals surface area contributed by atoms with Crippen molar-refractivity contribution in [2.45, 2.75) is 59.4 Å². The van der Waals surface area contributed by atoms with E-state index in [1.165, 1.54) is 32.9 Å². The minimum Gasteiger partial charge on any atom is -0.495 e. The van der Waals surface area contributed by atoms with Crippen molar-refractivity contribution in [3.8, 4) is 33.8 Å². The second-order valence-corrected chi connectivity index (χ2v) is 12.7. The first-order valence-electron chi connectivity index (χ1n) is 16.9. The zero-order chi connectivity index (χ0) is 38.7. The van der Waals surface area contributed by atoms with E-state index in [-0.39, 0.29) is 18.1 Å². The minimum atomic E-state index is -1.36. The largest absolute Gasteiger partial charge is 0.495 e. The van der Waals surface area contributed by atoms with Gasteiger partial charge in [0.05, 0.1) is 29.9 Å². The van der Waals surface area contributed by atoms with Crippen LogP contribution < -0.4 is 9.47 Å². The van der Waals surface area contributed by atoms with Gasteiger partial charge in [-0.1, -0.05) is 74.3 Å². The van der Waals surface area contributed by atoms with Crippen LogP contribution in [0.1, 0.15) is 61.8 Å². The highest BCUT2D eigenvalue weighted by Crippen LogP contribution is 2.30. The second kappa shape index (κ2) is 18.7. The SMILES string of the molecule is CCC(C)COC(=O)C(C)OC(=O)C(C)OC(=O)C(C)OC(=O)c1ccc(-c2ccc(OC(=O)c3ccc(-c4ccc(OC)c(Cl)c4)cc3)cc2)cc1. The summed E-state index contributed by atoms with van der Waals surface area (Å²) in [5, 5.41) is 0.485. The van der Waals surface area contributed by atoms with Gasteiger partial charge in [-0.2, -0.15) is 0 Å². The smallest absolute Gasteiger partial charge is 0.348 e. The Morgan fingerprint density at radius 1 is 0.585 bits per heavy atom. The number of carbonyl (C=O) groups excluding carboxylic acids is 5. The van der Waals surface area contributed by atoms with E-state index >= 15 is 0 Å². The number of rotatable bonds is 15. The molecular weight excluding hydrogens is 704 g/mol. The summed E-state index contributed by atoms with van der Waals surface area (Å²) >= 11 is 6.24. The molecule has 0 spiro atoms. The Labute approximate surface area is 313 Å². The Balaban J connectivity index is 1.25.